The second-order valence-corrected chi connectivity index (χ2v) is 4.32. The van der Waals surface area contributed by atoms with Crippen molar-refractivity contribution < 1.29 is 9.53 Å². The number of carbonyl (C=O) groups excluding carboxylic acids is 1. The van der Waals surface area contributed by atoms with Crippen LogP contribution >= 0.6 is 0 Å². The van der Waals surface area contributed by atoms with Crippen molar-refractivity contribution in [2.24, 2.45) is 0 Å². The van der Waals surface area contributed by atoms with E-state index in [0.29, 0.717) is 11.3 Å². The Kier molecular flexibility index (Phi) is 3.51. The molecule has 1 aromatic carbocycles. The van der Waals surface area contributed by atoms with Gasteiger partial charge in [-0.1, -0.05) is 0 Å². The highest BCUT2D eigenvalue weighted by molar-refractivity contribution is 5.90. The Morgan fingerprint density at radius 2 is 1.88 bits per heavy atom. The molecule has 0 atom stereocenters. The average Bonchev–Trinajstić information content (AvgIpc) is 2.16. The van der Waals surface area contributed by atoms with E-state index in [1.54, 1.807) is 30.5 Å². The highest BCUT2D eigenvalue weighted by Gasteiger charge is 2.17. The van der Waals surface area contributed by atoms with Gasteiger partial charge >= 0.3 is 5.97 Å². The van der Waals surface area contributed by atoms with Crippen LogP contribution in [0.25, 0.3) is 0 Å². The van der Waals surface area contributed by atoms with Crippen LogP contribution in [0.1, 0.15) is 31.1 Å². The molecule has 0 saturated heterocycles. The number of ether oxygens (including phenoxy) is 1. The SMILES string of the molecule is CC(C)(C)OC(=O)c1ccc(NC#N)cc1. The number of esters is 1. The van der Waals surface area contributed by atoms with Gasteiger partial charge in [0, 0.05) is 5.69 Å². The summed E-state index contributed by atoms with van der Waals surface area (Å²) in [5, 5.41) is 10.9. The fourth-order valence-corrected chi connectivity index (χ4v) is 1.09. The lowest BCUT2D eigenvalue weighted by atomic mass is 10.1. The molecule has 0 aliphatic carbocycles. The molecule has 84 valence electrons. The van der Waals surface area contributed by atoms with Crippen LogP contribution in [0.2, 0.25) is 0 Å². The molecule has 16 heavy (non-hydrogen) atoms. The molecule has 0 aliphatic rings. The van der Waals surface area contributed by atoms with E-state index >= 15 is 0 Å². The van der Waals surface area contributed by atoms with E-state index in [-0.39, 0.29) is 5.97 Å². The van der Waals surface area contributed by atoms with Gasteiger partial charge < -0.3 is 4.74 Å². The van der Waals surface area contributed by atoms with Crippen LogP contribution in [0.15, 0.2) is 24.3 Å². The highest BCUT2D eigenvalue weighted by Crippen LogP contribution is 2.14. The van der Waals surface area contributed by atoms with Gasteiger partial charge in [0.15, 0.2) is 6.19 Å². The van der Waals surface area contributed by atoms with Gasteiger partial charge in [0.2, 0.25) is 0 Å². The molecule has 1 N–H and O–H groups in total. The van der Waals surface area contributed by atoms with Crippen LogP contribution in [-0.2, 0) is 4.74 Å². The summed E-state index contributed by atoms with van der Waals surface area (Å²) < 4.78 is 5.20. The molecular weight excluding hydrogens is 204 g/mol. The van der Waals surface area contributed by atoms with E-state index in [0.717, 1.165) is 0 Å². The first kappa shape index (κ1) is 12.1. The molecule has 0 heterocycles. The normalized spacial score (nSPS) is 10.4. The van der Waals surface area contributed by atoms with Gasteiger partial charge in [-0.15, -0.1) is 0 Å². The first-order chi connectivity index (χ1) is 7.42. The predicted octanol–water partition coefficient (Wildman–Crippen LogP) is 2.53. The topological polar surface area (TPSA) is 62.1 Å². The molecule has 4 heteroatoms. The number of rotatable bonds is 2. The average molecular weight is 218 g/mol. The molecule has 1 rings (SSSR count). The van der Waals surface area contributed by atoms with Gasteiger partial charge in [0.25, 0.3) is 0 Å². The Morgan fingerprint density at radius 3 is 2.31 bits per heavy atom. The molecule has 4 nitrogen and oxygen atoms in total. The van der Waals surface area contributed by atoms with Gasteiger partial charge in [-0.3, -0.25) is 5.32 Å². The quantitative estimate of drug-likeness (QED) is 0.470. The fraction of sp³-hybridized carbons (Fsp3) is 0.333. The van der Waals surface area contributed by atoms with Crippen LogP contribution in [0, 0.1) is 11.5 Å². The summed E-state index contributed by atoms with van der Waals surface area (Å²) in [7, 11) is 0. The molecule has 1 aromatic rings. The molecule has 0 spiro atoms. The zero-order valence-corrected chi connectivity index (χ0v) is 9.57. The van der Waals surface area contributed by atoms with Gasteiger partial charge in [-0.05, 0) is 45.0 Å². The maximum absolute atomic E-state index is 11.6. The minimum atomic E-state index is -0.499. The molecule has 0 radical (unpaired) electrons. The van der Waals surface area contributed by atoms with Crippen molar-refractivity contribution in [2.45, 2.75) is 26.4 Å². The number of nitrogens with one attached hydrogen (secondary N) is 1. The van der Waals surface area contributed by atoms with Crippen molar-refractivity contribution in [1.29, 1.82) is 5.26 Å². The first-order valence-corrected chi connectivity index (χ1v) is 4.91. The number of nitriles is 1. The van der Waals surface area contributed by atoms with Crippen molar-refractivity contribution in [1.82, 2.24) is 0 Å². The summed E-state index contributed by atoms with van der Waals surface area (Å²) in [6.07, 6.45) is 1.80. The minimum absolute atomic E-state index is 0.365. The van der Waals surface area contributed by atoms with Crippen molar-refractivity contribution in [3.8, 4) is 6.19 Å². The number of nitrogens with zero attached hydrogens (tertiary/aromatic N) is 1. The molecule has 0 aromatic heterocycles. The van der Waals surface area contributed by atoms with Crippen LogP contribution in [0.4, 0.5) is 5.69 Å². The third-order valence-electron chi connectivity index (χ3n) is 1.72. The second-order valence-electron chi connectivity index (χ2n) is 4.32. The highest BCUT2D eigenvalue weighted by atomic mass is 16.6. The summed E-state index contributed by atoms with van der Waals surface area (Å²) in [6, 6.07) is 6.55. The number of hydrogen-bond donors (Lipinski definition) is 1. The van der Waals surface area contributed by atoms with E-state index < -0.39 is 5.60 Å². The lowest BCUT2D eigenvalue weighted by Gasteiger charge is -2.19. The third kappa shape index (κ3) is 3.62. The maximum atomic E-state index is 11.6. The Labute approximate surface area is 94.8 Å². The zero-order chi connectivity index (χ0) is 12.2. The van der Waals surface area contributed by atoms with E-state index in [9.17, 15) is 4.79 Å². The summed E-state index contributed by atoms with van der Waals surface area (Å²) >= 11 is 0. The lowest BCUT2D eigenvalue weighted by Crippen LogP contribution is -2.23. The molecular formula is C12H14N2O2. The predicted molar refractivity (Wildman–Crippen MR) is 60.8 cm³/mol. The second kappa shape index (κ2) is 4.67. The summed E-state index contributed by atoms with van der Waals surface area (Å²) in [5.41, 5.74) is 0.619. The first-order valence-electron chi connectivity index (χ1n) is 4.91. The molecule has 0 fully saturated rings. The van der Waals surface area contributed by atoms with Crippen LogP contribution in [0.3, 0.4) is 0 Å². The smallest absolute Gasteiger partial charge is 0.338 e. The Morgan fingerprint density at radius 1 is 1.31 bits per heavy atom. The molecule has 0 aliphatic heterocycles. The van der Waals surface area contributed by atoms with E-state index in [2.05, 4.69) is 5.32 Å². The number of benzene rings is 1. The lowest BCUT2D eigenvalue weighted by molar-refractivity contribution is 0.00696. The van der Waals surface area contributed by atoms with Crippen molar-refractivity contribution in [2.75, 3.05) is 5.32 Å². The van der Waals surface area contributed by atoms with Crippen LogP contribution < -0.4 is 5.32 Å². The van der Waals surface area contributed by atoms with E-state index in [1.807, 2.05) is 20.8 Å². The summed E-state index contributed by atoms with van der Waals surface area (Å²) in [5.74, 6) is -0.365. The van der Waals surface area contributed by atoms with Gasteiger partial charge in [0.05, 0.1) is 5.56 Å². The molecule has 0 unspecified atom stereocenters. The third-order valence-corrected chi connectivity index (χ3v) is 1.72. The molecule has 0 saturated carbocycles. The van der Waals surface area contributed by atoms with Crippen molar-refractivity contribution in [3.05, 3.63) is 29.8 Å². The number of carbonyl (C=O) groups is 1. The largest absolute Gasteiger partial charge is 0.456 e. The van der Waals surface area contributed by atoms with Crippen LogP contribution in [-0.4, -0.2) is 11.6 Å². The van der Waals surface area contributed by atoms with Gasteiger partial charge in [-0.25, -0.2) is 4.79 Å². The van der Waals surface area contributed by atoms with Crippen molar-refractivity contribution in [3.63, 3.8) is 0 Å². The zero-order valence-electron chi connectivity index (χ0n) is 9.57. The van der Waals surface area contributed by atoms with Crippen molar-refractivity contribution >= 4 is 11.7 Å². The summed E-state index contributed by atoms with van der Waals surface area (Å²) in [4.78, 5) is 11.6. The Hall–Kier alpha value is -2.02. The number of anilines is 1. The Bertz CT molecular complexity index is 410. The summed E-state index contributed by atoms with van der Waals surface area (Å²) in [6.45, 7) is 5.45. The standard InChI is InChI=1S/C12H14N2O2/c1-12(2,3)16-11(15)9-4-6-10(7-5-9)14-8-13/h4-7,14H,1-3H3. The maximum Gasteiger partial charge on any atom is 0.338 e. The van der Waals surface area contributed by atoms with E-state index in [1.165, 1.54) is 0 Å². The van der Waals surface area contributed by atoms with Gasteiger partial charge in [-0.2, -0.15) is 5.26 Å². The minimum Gasteiger partial charge on any atom is -0.456 e. The monoisotopic (exact) mass is 218 g/mol. The van der Waals surface area contributed by atoms with E-state index in [4.69, 9.17) is 10.00 Å². The molecule has 0 bridgehead atoms. The molecule has 0 amide bonds. The number of hydrogen-bond acceptors (Lipinski definition) is 4. The Balaban J connectivity index is 2.75. The van der Waals surface area contributed by atoms with Gasteiger partial charge in [0.1, 0.15) is 5.60 Å². The fourth-order valence-electron chi connectivity index (χ4n) is 1.09. The van der Waals surface area contributed by atoms with Crippen LogP contribution in [0.5, 0.6) is 0 Å².